The highest BCUT2D eigenvalue weighted by Crippen LogP contribution is 2.19. The Morgan fingerprint density at radius 3 is 1.69 bits per heavy atom. The summed E-state index contributed by atoms with van der Waals surface area (Å²) in [5, 5.41) is 0.393. The van der Waals surface area contributed by atoms with Crippen molar-refractivity contribution in [1.82, 2.24) is 14.1 Å². The second kappa shape index (κ2) is 9.86. The van der Waals surface area contributed by atoms with Crippen molar-refractivity contribution in [3.05, 3.63) is 29.3 Å². The van der Waals surface area contributed by atoms with Gasteiger partial charge in [0.2, 0.25) is 21.8 Å². The Morgan fingerprint density at radius 2 is 1.28 bits per heavy atom. The molecule has 11 heteroatoms. The maximum absolute atomic E-state index is 13.2. The lowest BCUT2D eigenvalue weighted by Crippen LogP contribution is -2.51. The quantitative estimate of drug-likeness (QED) is 0.613. The normalized spacial score (nSPS) is 18.1. The van der Waals surface area contributed by atoms with Gasteiger partial charge in [-0.15, -0.1) is 0 Å². The first-order chi connectivity index (χ1) is 13.9. The minimum atomic E-state index is -4.07. The fourth-order valence-corrected chi connectivity index (χ4v) is 4.57. The number of rotatable bonds is 6. The molecule has 0 N–H and O–H groups in total. The number of hydrogen-bond donors (Lipinski definition) is 0. The summed E-state index contributed by atoms with van der Waals surface area (Å²) in [7, 11) is -4.07. The first-order valence-corrected chi connectivity index (χ1v) is 11.2. The monoisotopic (exact) mass is 445 g/mol. The van der Waals surface area contributed by atoms with E-state index in [4.69, 9.17) is 21.1 Å². The molecular weight excluding hydrogens is 422 g/mol. The van der Waals surface area contributed by atoms with Gasteiger partial charge in [0.25, 0.3) is 0 Å². The number of ether oxygens (including phenoxy) is 2. The molecule has 0 spiro atoms. The molecule has 9 nitrogen and oxygen atoms in total. The van der Waals surface area contributed by atoms with E-state index in [2.05, 4.69) is 0 Å². The SMILES string of the molecule is O=C(CN(CC(=O)N1CCOCC1)S(=O)(=O)c1ccc(Cl)cc1)N1CCOCC1. The predicted molar refractivity (Wildman–Crippen MR) is 105 cm³/mol. The zero-order valence-electron chi connectivity index (χ0n) is 16.0. The van der Waals surface area contributed by atoms with E-state index in [0.29, 0.717) is 57.6 Å². The Bertz CT molecular complexity index is 789. The summed E-state index contributed by atoms with van der Waals surface area (Å²) in [6.07, 6.45) is 0. The number of halogens is 1. The van der Waals surface area contributed by atoms with Gasteiger partial charge in [0, 0.05) is 31.2 Å². The van der Waals surface area contributed by atoms with Crippen LogP contribution < -0.4 is 0 Å². The van der Waals surface area contributed by atoms with Gasteiger partial charge in [-0.25, -0.2) is 8.42 Å². The second-order valence-electron chi connectivity index (χ2n) is 6.71. The third-order valence-electron chi connectivity index (χ3n) is 4.80. The Kier molecular flexibility index (Phi) is 7.47. The molecule has 0 saturated carbocycles. The van der Waals surface area contributed by atoms with Crippen LogP contribution in [0.2, 0.25) is 5.02 Å². The zero-order chi connectivity index (χ0) is 20.9. The molecule has 2 saturated heterocycles. The molecule has 2 heterocycles. The summed E-state index contributed by atoms with van der Waals surface area (Å²) in [6, 6.07) is 5.65. The van der Waals surface area contributed by atoms with Crippen LogP contribution in [0.5, 0.6) is 0 Å². The van der Waals surface area contributed by atoms with Crippen LogP contribution in [0.1, 0.15) is 0 Å². The second-order valence-corrected chi connectivity index (χ2v) is 9.09. The van der Waals surface area contributed by atoms with E-state index >= 15 is 0 Å². The molecule has 0 unspecified atom stereocenters. The van der Waals surface area contributed by atoms with Crippen molar-refractivity contribution < 1.29 is 27.5 Å². The van der Waals surface area contributed by atoms with E-state index in [1.165, 1.54) is 24.3 Å². The molecule has 2 aliphatic rings. The van der Waals surface area contributed by atoms with Crippen LogP contribution >= 0.6 is 11.6 Å². The van der Waals surface area contributed by atoms with Crippen LogP contribution in [-0.2, 0) is 29.1 Å². The number of nitrogens with zero attached hydrogens (tertiary/aromatic N) is 3. The Labute approximate surface area is 175 Å². The van der Waals surface area contributed by atoms with E-state index in [1.54, 1.807) is 9.80 Å². The first kappa shape index (κ1) is 22.0. The van der Waals surface area contributed by atoms with Crippen molar-refractivity contribution >= 4 is 33.4 Å². The van der Waals surface area contributed by atoms with Crippen molar-refractivity contribution in [2.45, 2.75) is 4.90 Å². The van der Waals surface area contributed by atoms with Crippen molar-refractivity contribution in [3.63, 3.8) is 0 Å². The zero-order valence-corrected chi connectivity index (χ0v) is 17.5. The number of carbonyl (C=O) groups excluding carboxylic acids is 2. The number of carbonyl (C=O) groups is 2. The van der Waals surface area contributed by atoms with Crippen molar-refractivity contribution in [2.24, 2.45) is 0 Å². The minimum Gasteiger partial charge on any atom is -0.378 e. The number of benzene rings is 1. The van der Waals surface area contributed by atoms with Crippen LogP contribution in [-0.4, -0.2) is 100 Å². The fourth-order valence-electron chi connectivity index (χ4n) is 3.11. The topological polar surface area (TPSA) is 96.5 Å². The van der Waals surface area contributed by atoms with Gasteiger partial charge in [-0.05, 0) is 24.3 Å². The Balaban J connectivity index is 1.80. The highest BCUT2D eigenvalue weighted by atomic mass is 35.5. The molecule has 3 rings (SSSR count). The van der Waals surface area contributed by atoms with Crippen LogP contribution in [0.15, 0.2) is 29.2 Å². The standard InChI is InChI=1S/C18H24ClN3O6S/c19-15-1-3-16(4-2-15)29(25,26)22(13-17(23)20-5-9-27-10-6-20)14-18(24)21-7-11-28-12-8-21/h1-4H,5-14H2. The van der Waals surface area contributed by atoms with Crippen LogP contribution in [0, 0.1) is 0 Å². The lowest BCUT2D eigenvalue weighted by atomic mass is 10.3. The average molecular weight is 446 g/mol. The summed E-state index contributed by atoms with van der Waals surface area (Å²) in [5.41, 5.74) is 0. The molecule has 1 aromatic carbocycles. The first-order valence-electron chi connectivity index (χ1n) is 9.35. The molecule has 0 atom stereocenters. The van der Waals surface area contributed by atoms with E-state index < -0.39 is 23.1 Å². The van der Waals surface area contributed by atoms with Gasteiger partial charge in [-0.2, -0.15) is 4.31 Å². The Morgan fingerprint density at radius 1 is 0.862 bits per heavy atom. The van der Waals surface area contributed by atoms with E-state index in [1.807, 2.05) is 0 Å². The molecule has 2 aliphatic heterocycles. The van der Waals surface area contributed by atoms with Crippen LogP contribution in [0.25, 0.3) is 0 Å². The lowest BCUT2D eigenvalue weighted by Gasteiger charge is -2.31. The summed E-state index contributed by atoms with van der Waals surface area (Å²) >= 11 is 5.86. The van der Waals surface area contributed by atoms with Gasteiger partial charge >= 0.3 is 0 Å². The molecule has 0 aliphatic carbocycles. The number of sulfonamides is 1. The fraction of sp³-hybridized carbons (Fsp3) is 0.556. The van der Waals surface area contributed by atoms with Gasteiger partial charge in [-0.3, -0.25) is 9.59 Å². The summed E-state index contributed by atoms with van der Waals surface area (Å²) < 4.78 is 37.8. The van der Waals surface area contributed by atoms with Crippen molar-refractivity contribution in [2.75, 3.05) is 65.7 Å². The summed E-state index contributed by atoms with van der Waals surface area (Å²) in [4.78, 5) is 28.5. The van der Waals surface area contributed by atoms with Gasteiger partial charge in [0.1, 0.15) is 0 Å². The molecule has 160 valence electrons. The third-order valence-corrected chi connectivity index (χ3v) is 6.86. The van der Waals surface area contributed by atoms with Crippen LogP contribution in [0.4, 0.5) is 0 Å². The lowest BCUT2D eigenvalue weighted by molar-refractivity contribution is -0.138. The van der Waals surface area contributed by atoms with E-state index in [9.17, 15) is 18.0 Å². The molecule has 29 heavy (non-hydrogen) atoms. The number of hydrogen-bond acceptors (Lipinski definition) is 6. The average Bonchev–Trinajstić information content (AvgIpc) is 2.74. The van der Waals surface area contributed by atoms with Gasteiger partial charge in [0.05, 0.1) is 44.4 Å². The smallest absolute Gasteiger partial charge is 0.244 e. The minimum absolute atomic E-state index is 0.0218. The van der Waals surface area contributed by atoms with E-state index in [0.717, 1.165) is 4.31 Å². The molecule has 0 radical (unpaired) electrons. The van der Waals surface area contributed by atoms with Crippen molar-refractivity contribution in [1.29, 1.82) is 0 Å². The van der Waals surface area contributed by atoms with Gasteiger partial charge in [-0.1, -0.05) is 11.6 Å². The maximum atomic E-state index is 13.2. The molecule has 2 fully saturated rings. The van der Waals surface area contributed by atoms with Crippen LogP contribution in [0.3, 0.4) is 0 Å². The molecular formula is C18H24ClN3O6S. The predicted octanol–water partition coefficient (Wildman–Crippen LogP) is 0.0483. The third kappa shape index (κ3) is 5.67. The molecule has 0 bridgehead atoms. The molecule has 2 amide bonds. The summed E-state index contributed by atoms with van der Waals surface area (Å²) in [5.74, 6) is -0.721. The highest BCUT2D eigenvalue weighted by molar-refractivity contribution is 7.89. The number of morpholine rings is 2. The Hall–Kier alpha value is -1.72. The van der Waals surface area contributed by atoms with Gasteiger partial charge < -0.3 is 19.3 Å². The van der Waals surface area contributed by atoms with Gasteiger partial charge in [0.15, 0.2) is 0 Å². The number of amides is 2. The van der Waals surface area contributed by atoms with E-state index in [-0.39, 0.29) is 16.7 Å². The summed E-state index contributed by atoms with van der Waals surface area (Å²) in [6.45, 7) is 2.36. The molecule has 1 aromatic rings. The maximum Gasteiger partial charge on any atom is 0.244 e. The largest absolute Gasteiger partial charge is 0.378 e. The highest BCUT2D eigenvalue weighted by Gasteiger charge is 2.32. The molecule has 0 aromatic heterocycles. The van der Waals surface area contributed by atoms with Crippen molar-refractivity contribution in [3.8, 4) is 0 Å².